The number of nitrogens with one attached hydrogen (secondary N) is 1. The van der Waals surface area contributed by atoms with Gasteiger partial charge >= 0.3 is 0 Å². The predicted molar refractivity (Wildman–Crippen MR) is 118 cm³/mol. The number of rotatable bonds is 2. The van der Waals surface area contributed by atoms with E-state index in [1.807, 2.05) is 18.2 Å². The van der Waals surface area contributed by atoms with Crippen molar-refractivity contribution in [3.8, 4) is 0 Å². The Bertz CT molecular complexity index is 1190. The molecular formula is C22H24N5O2S+. The van der Waals surface area contributed by atoms with Crippen LogP contribution in [0.15, 0.2) is 30.3 Å². The third kappa shape index (κ3) is 2.26. The topological polar surface area (TPSA) is 143 Å². The van der Waals surface area contributed by atoms with Crippen molar-refractivity contribution >= 4 is 44.3 Å². The summed E-state index contributed by atoms with van der Waals surface area (Å²) in [7, 11) is 0. The lowest BCUT2D eigenvalue weighted by molar-refractivity contribution is -0.104. The number of nitrogens with two attached hydrogens (primary N) is 3. The number of aromatic nitrogens is 1. The average molecular weight is 423 g/mol. The molecule has 0 radical (unpaired) electrons. The maximum Gasteiger partial charge on any atom is 0.181 e. The number of benzene rings is 2. The summed E-state index contributed by atoms with van der Waals surface area (Å²) >= 11 is 1.48. The fourth-order valence-corrected chi connectivity index (χ4v) is 7.08. The first-order valence-electron chi connectivity index (χ1n) is 10.2. The Kier molecular flexibility index (Phi) is 3.72. The van der Waals surface area contributed by atoms with Gasteiger partial charge < -0.3 is 27.0 Å². The van der Waals surface area contributed by atoms with E-state index in [-0.39, 0.29) is 29.7 Å². The van der Waals surface area contributed by atoms with Crippen LogP contribution in [0.2, 0.25) is 0 Å². The summed E-state index contributed by atoms with van der Waals surface area (Å²) < 4.78 is 1.05. The lowest BCUT2D eigenvalue weighted by Gasteiger charge is -2.46. The zero-order chi connectivity index (χ0) is 20.7. The summed E-state index contributed by atoms with van der Waals surface area (Å²) in [6.45, 7) is 0. The third-order valence-corrected chi connectivity index (χ3v) is 8.29. The molecule has 0 saturated heterocycles. The van der Waals surface area contributed by atoms with Crippen molar-refractivity contribution in [1.29, 1.82) is 0 Å². The molecule has 9 N–H and O–H groups in total. The zero-order valence-corrected chi connectivity index (χ0v) is 17.0. The van der Waals surface area contributed by atoms with Crippen molar-refractivity contribution in [3.63, 3.8) is 0 Å². The number of anilines is 3. The highest BCUT2D eigenvalue weighted by atomic mass is 32.1. The molecule has 1 aliphatic heterocycles. The van der Waals surface area contributed by atoms with Crippen LogP contribution in [0, 0.1) is 17.8 Å². The molecule has 0 amide bonds. The van der Waals surface area contributed by atoms with Crippen molar-refractivity contribution in [2.45, 2.75) is 30.6 Å². The first kappa shape index (κ1) is 18.1. The number of hydrogen-bond donors (Lipinski definition) is 6. The Morgan fingerprint density at radius 3 is 2.73 bits per heavy atom. The highest BCUT2D eigenvalue weighted by molar-refractivity contribution is 7.22. The van der Waals surface area contributed by atoms with E-state index >= 15 is 0 Å². The molecule has 3 aliphatic rings. The number of aliphatic hydroxyl groups excluding tert-OH is 2. The molecule has 7 nitrogen and oxygen atoms in total. The summed E-state index contributed by atoms with van der Waals surface area (Å²) in [5, 5.41) is 31.7. The van der Waals surface area contributed by atoms with E-state index in [1.54, 1.807) is 6.21 Å². The zero-order valence-electron chi connectivity index (χ0n) is 16.2. The van der Waals surface area contributed by atoms with Gasteiger partial charge in [0.1, 0.15) is 0 Å². The van der Waals surface area contributed by atoms with Gasteiger partial charge in [0.05, 0.1) is 34.0 Å². The molecule has 30 heavy (non-hydrogen) atoms. The lowest BCUT2D eigenvalue weighted by Crippen LogP contribution is -2.47. The molecular weight excluding hydrogens is 398 g/mol. The molecule has 0 spiro atoms. The highest BCUT2D eigenvalue weighted by Crippen LogP contribution is 2.64. The van der Waals surface area contributed by atoms with E-state index in [4.69, 9.17) is 16.9 Å². The molecule has 7 atom stereocenters. The van der Waals surface area contributed by atoms with Gasteiger partial charge in [0.2, 0.25) is 0 Å². The van der Waals surface area contributed by atoms with Crippen LogP contribution in [0.4, 0.5) is 16.5 Å². The smallest absolute Gasteiger partial charge is 0.181 e. The van der Waals surface area contributed by atoms with E-state index in [0.29, 0.717) is 10.8 Å². The van der Waals surface area contributed by atoms with E-state index < -0.39 is 12.2 Å². The molecule has 2 saturated carbocycles. The lowest BCUT2D eigenvalue weighted by atomic mass is 9.65. The second kappa shape index (κ2) is 6.16. The van der Waals surface area contributed by atoms with Crippen LogP contribution in [-0.2, 0) is 0 Å². The molecule has 154 valence electrons. The maximum atomic E-state index is 10.7. The van der Waals surface area contributed by atoms with Crippen LogP contribution in [0.3, 0.4) is 0 Å². The van der Waals surface area contributed by atoms with Crippen molar-refractivity contribution in [2.75, 3.05) is 16.8 Å². The van der Waals surface area contributed by atoms with Gasteiger partial charge in [-0.05, 0) is 65.5 Å². The summed E-state index contributed by atoms with van der Waals surface area (Å²) in [5.74, 6) is 0.204. The fraction of sp³-hybridized carbons (Fsp3) is 0.364. The third-order valence-electron chi connectivity index (χ3n) is 7.45. The van der Waals surface area contributed by atoms with Gasteiger partial charge in [0, 0.05) is 11.4 Å². The van der Waals surface area contributed by atoms with Gasteiger partial charge in [-0.3, -0.25) is 5.41 Å². The minimum atomic E-state index is -0.723. The Morgan fingerprint density at radius 1 is 1.13 bits per heavy atom. The van der Waals surface area contributed by atoms with Crippen LogP contribution in [0.5, 0.6) is 0 Å². The Morgan fingerprint density at radius 2 is 1.93 bits per heavy atom. The quantitative estimate of drug-likeness (QED) is 0.267. The van der Waals surface area contributed by atoms with E-state index in [1.165, 1.54) is 11.3 Å². The van der Waals surface area contributed by atoms with Gasteiger partial charge in [-0.25, -0.2) is 4.98 Å². The first-order valence-corrected chi connectivity index (χ1v) is 11.1. The number of fused-ring (bicyclic) bond motifs is 8. The Balaban J connectivity index is 1.54. The number of nitrogen functional groups attached to an aromatic ring is 2. The molecule has 8 heteroatoms. The standard InChI is InChI=1S/C22H23N5O2S/c23-7-11-12(24)2-4-14-16(11)17-9-6-10(21(29)20(9)28)18(17)19(26-14)8-1-3-13-15(5-8)30-22(25)27-13/h1-5,7,9-10,17-21,23,26,28-29H,6,24H2,(H2,25,27)/p+1/t9?,10?,17?,18-,19+,20?,21?/m1/s1. The van der Waals surface area contributed by atoms with Crippen molar-refractivity contribution in [1.82, 2.24) is 4.98 Å². The van der Waals surface area contributed by atoms with Crippen LogP contribution in [0.1, 0.15) is 35.1 Å². The van der Waals surface area contributed by atoms with Gasteiger partial charge in [-0.2, -0.15) is 0 Å². The second-order valence-electron chi connectivity index (χ2n) is 8.75. The van der Waals surface area contributed by atoms with E-state index in [2.05, 4.69) is 22.4 Å². The van der Waals surface area contributed by atoms with Gasteiger partial charge in [0.15, 0.2) is 11.3 Å². The highest BCUT2D eigenvalue weighted by Gasteiger charge is 2.62. The number of thiazole rings is 1. The van der Waals surface area contributed by atoms with Crippen LogP contribution in [-0.4, -0.2) is 33.6 Å². The number of aliphatic hydroxyl groups is 2. The molecule has 1 aromatic heterocycles. The summed E-state index contributed by atoms with van der Waals surface area (Å²) in [5.41, 5.74) is 17.7. The van der Waals surface area contributed by atoms with Crippen molar-refractivity contribution in [2.24, 2.45) is 17.8 Å². The summed E-state index contributed by atoms with van der Waals surface area (Å²) in [4.78, 5) is 4.37. The average Bonchev–Trinajstić information content (AvgIpc) is 3.39. The fourth-order valence-electron chi connectivity index (χ4n) is 6.30. The minimum Gasteiger partial charge on any atom is -0.398 e. The Hall–Kier alpha value is -2.68. The number of nitrogens with zero attached hydrogens (tertiary/aromatic N) is 1. The number of hydrogen-bond acceptors (Lipinski definition) is 7. The van der Waals surface area contributed by atoms with Crippen LogP contribution >= 0.6 is 11.3 Å². The van der Waals surface area contributed by atoms with Crippen molar-refractivity contribution in [3.05, 3.63) is 47.0 Å². The van der Waals surface area contributed by atoms with Gasteiger partial charge in [-0.15, -0.1) is 0 Å². The second-order valence-corrected chi connectivity index (χ2v) is 9.81. The summed E-state index contributed by atoms with van der Waals surface area (Å²) in [6, 6.07) is 10.1. The normalized spacial score (nSPS) is 33.9. The van der Waals surface area contributed by atoms with E-state index in [0.717, 1.165) is 39.0 Å². The first-order chi connectivity index (χ1) is 14.5. The molecule has 5 unspecified atom stereocenters. The van der Waals surface area contributed by atoms with Crippen LogP contribution in [0.25, 0.3) is 10.2 Å². The molecule has 2 aliphatic carbocycles. The van der Waals surface area contributed by atoms with E-state index in [9.17, 15) is 10.2 Å². The SMILES string of the molecule is Nc1nc2ccc([C@@H]3Nc4ccc(N)c(C=[NH2+])c4C4C5CC(C(O)C5O)[C@H]43)cc2s1. The monoisotopic (exact) mass is 422 g/mol. The molecule has 2 fully saturated rings. The minimum absolute atomic E-state index is 0.00150. The van der Waals surface area contributed by atoms with Crippen LogP contribution < -0.4 is 22.2 Å². The van der Waals surface area contributed by atoms with Gasteiger partial charge in [0.25, 0.3) is 0 Å². The molecule has 2 heterocycles. The molecule has 6 rings (SSSR count). The maximum absolute atomic E-state index is 10.7. The predicted octanol–water partition coefficient (Wildman–Crippen LogP) is 0.877. The molecule has 3 aromatic rings. The Labute approximate surface area is 177 Å². The molecule has 2 aromatic carbocycles. The molecule has 2 bridgehead atoms. The van der Waals surface area contributed by atoms with Gasteiger partial charge in [-0.1, -0.05) is 17.4 Å². The van der Waals surface area contributed by atoms with Crippen molar-refractivity contribution < 1.29 is 15.6 Å². The largest absolute Gasteiger partial charge is 0.398 e. The summed E-state index contributed by atoms with van der Waals surface area (Å²) in [6.07, 6.45) is 0.924.